The highest BCUT2D eigenvalue weighted by atomic mass is 19.4. The van der Waals surface area contributed by atoms with Crippen molar-refractivity contribution in [3.8, 4) is 0 Å². The van der Waals surface area contributed by atoms with E-state index in [1.165, 1.54) is 12.1 Å². The molecule has 16 heavy (non-hydrogen) atoms. The smallest absolute Gasteiger partial charge is 0.393 e. The first-order chi connectivity index (χ1) is 7.43. The van der Waals surface area contributed by atoms with Crippen molar-refractivity contribution >= 4 is 0 Å². The lowest BCUT2D eigenvalue weighted by molar-refractivity contribution is -0.141. The fraction of sp³-hybridized carbons (Fsp3) is 0.545. The molecule has 1 atom stereocenters. The van der Waals surface area contributed by atoms with E-state index in [4.69, 9.17) is 0 Å². The summed E-state index contributed by atoms with van der Waals surface area (Å²) in [6.07, 6.45) is -3.53. The molecule has 1 N–H and O–H groups in total. The average Bonchev–Trinajstić information content (AvgIpc) is 2.17. The number of hydrogen-bond acceptors (Lipinski definition) is 2. The third kappa shape index (κ3) is 3.81. The Morgan fingerprint density at radius 3 is 2.62 bits per heavy atom. The van der Waals surface area contributed by atoms with Crippen LogP contribution in [0.15, 0.2) is 18.2 Å². The Kier molecular flexibility index (Phi) is 4.29. The van der Waals surface area contributed by atoms with E-state index in [9.17, 15) is 18.3 Å². The molecule has 0 aliphatic carbocycles. The van der Waals surface area contributed by atoms with Gasteiger partial charge in [0.1, 0.15) is 5.69 Å². The van der Waals surface area contributed by atoms with E-state index >= 15 is 0 Å². The maximum atomic E-state index is 12.3. The molecule has 0 saturated carbocycles. The summed E-state index contributed by atoms with van der Waals surface area (Å²) in [6.45, 7) is 1.91. The van der Waals surface area contributed by atoms with Crippen LogP contribution in [0.1, 0.15) is 31.2 Å². The summed E-state index contributed by atoms with van der Waals surface area (Å²) in [6, 6.07) is 3.73. The van der Waals surface area contributed by atoms with Gasteiger partial charge in [0.25, 0.3) is 0 Å². The minimum atomic E-state index is -4.42. The van der Waals surface area contributed by atoms with Crippen LogP contribution in [0.25, 0.3) is 0 Å². The van der Waals surface area contributed by atoms with E-state index < -0.39 is 18.0 Å². The van der Waals surface area contributed by atoms with Gasteiger partial charge in [0.2, 0.25) is 0 Å². The number of hydrogen-bond donors (Lipinski definition) is 1. The molecule has 1 aromatic rings. The number of aliphatic hydroxyl groups is 1. The zero-order valence-corrected chi connectivity index (χ0v) is 8.96. The van der Waals surface area contributed by atoms with Crippen molar-refractivity contribution in [2.45, 2.75) is 38.5 Å². The molecule has 0 aliphatic rings. The molecular formula is C11H14F3NO. The van der Waals surface area contributed by atoms with Crippen molar-refractivity contribution in [3.05, 3.63) is 29.6 Å². The van der Waals surface area contributed by atoms with Crippen LogP contribution >= 0.6 is 0 Å². The Labute approximate surface area is 92.1 Å². The highest BCUT2D eigenvalue weighted by Crippen LogP contribution is 2.27. The second-order valence-corrected chi connectivity index (χ2v) is 3.66. The average molecular weight is 233 g/mol. The van der Waals surface area contributed by atoms with Crippen LogP contribution in [0, 0.1) is 0 Å². The predicted molar refractivity (Wildman–Crippen MR) is 53.9 cm³/mol. The van der Waals surface area contributed by atoms with Crippen LogP contribution in [0.2, 0.25) is 0 Å². The standard InChI is InChI=1S/C11H14F3NO/c1-2-4-9(16)7-8-5-3-6-10(15-8)11(12,13)14/h3,5-6,9,16H,2,4,7H2,1H3. The molecule has 1 aromatic heterocycles. The van der Waals surface area contributed by atoms with E-state index in [2.05, 4.69) is 4.98 Å². The number of alkyl halides is 3. The molecule has 0 fully saturated rings. The molecule has 0 spiro atoms. The van der Waals surface area contributed by atoms with Crippen LogP contribution in [0.4, 0.5) is 13.2 Å². The zero-order valence-electron chi connectivity index (χ0n) is 8.96. The molecule has 1 unspecified atom stereocenters. The first-order valence-corrected chi connectivity index (χ1v) is 5.14. The molecular weight excluding hydrogens is 219 g/mol. The van der Waals surface area contributed by atoms with Crippen LogP contribution in [-0.4, -0.2) is 16.2 Å². The summed E-state index contributed by atoms with van der Waals surface area (Å²) in [5, 5.41) is 9.48. The molecule has 1 heterocycles. The van der Waals surface area contributed by atoms with Crippen molar-refractivity contribution < 1.29 is 18.3 Å². The van der Waals surface area contributed by atoms with Crippen LogP contribution in [0.3, 0.4) is 0 Å². The van der Waals surface area contributed by atoms with Gasteiger partial charge in [-0.1, -0.05) is 19.4 Å². The minimum Gasteiger partial charge on any atom is -0.393 e. The second-order valence-electron chi connectivity index (χ2n) is 3.66. The van der Waals surface area contributed by atoms with Crippen LogP contribution in [-0.2, 0) is 12.6 Å². The van der Waals surface area contributed by atoms with Crippen molar-refractivity contribution in [2.75, 3.05) is 0 Å². The molecule has 2 nitrogen and oxygen atoms in total. The first kappa shape index (κ1) is 13.0. The van der Waals surface area contributed by atoms with E-state index in [1.54, 1.807) is 0 Å². The molecule has 5 heteroatoms. The van der Waals surface area contributed by atoms with Gasteiger partial charge in [-0.15, -0.1) is 0 Å². The summed E-state index contributed by atoms with van der Waals surface area (Å²) < 4.78 is 37.0. The van der Waals surface area contributed by atoms with Crippen LogP contribution < -0.4 is 0 Å². The highest BCUT2D eigenvalue weighted by molar-refractivity contribution is 5.14. The molecule has 0 aliphatic heterocycles. The van der Waals surface area contributed by atoms with Gasteiger partial charge in [0, 0.05) is 12.1 Å². The van der Waals surface area contributed by atoms with Gasteiger partial charge in [0.15, 0.2) is 0 Å². The Morgan fingerprint density at radius 1 is 1.38 bits per heavy atom. The maximum Gasteiger partial charge on any atom is 0.433 e. The predicted octanol–water partition coefficient (Wildman–Crippen LogP) is 2.80. The molecule has 0 aromatic carbocycles. The Hall–Kier alpha value is -1.10. The molecule has 90 valence electrons. The monoisotopic (exact) mass is 233 g/mol. The van der Waals surface area contributed by atoms with Gasteiger partial charge in [-0.3, -0.25) is 0 Å². The molecule has 1 rings (SSSR count). The Bertz CT molecular complexity index is 338. The van der Waals surface area contributed by atoms with Gasteiger partial charge in [0.05, 0.1) is 6.10 Å². The van der Waals surface area contributed by atoms with Crippen molar-refractivity contribution in [1.29, 1.82) is 0 Å². The quantitative estimate of drug-likeness (QED) is 0.867. The van der Waals surface area contributed by atoms with Crippen molar-refractivity contribution in [1.82, 2.24) is 4.98 Å². The van der Waals surface area contributed by atoms with E-state index in [0.29, 0.717) is 6.42 Å². The number of aliphatic hydroxyl groups excluding tert-OH is 1. The largest absolute Gasteiger partial charge is 0.433 e. The van der Waals surface area contributed by atoms with Gasteiger partial charge in [-0.2, -0.15) is 13.2 Å². The highest BCUT2D eigenvalue weighted by Gasteiger charge is 2.32. The molecule has 0 amide bonds. The molecule has 0 saturated heterocycles. The molecule has 0 radical (unpaired) electrons. The van der Waals surface area contributed by atoms with Crippen molar-refractivity contribution in [2.24, 2.45) is 0 Å². The Balaban J connectivity index is 2.75. The summed E-state index contributed by atoms with van der Waals surface area (Å²) in [5.74, 6) is 0. The number of halogens is 3. The fourth-order valence-electron chi connectivity index (χ4n) is 1.43. The summed E-state index contributed by atoms with van der Waals surface area (Å²) >= 11 is 0. The fourth-order valence-corrected chi connectivity index (χ4v) is 1.43. The first-order valence-electron chi connectivity index (χ1n) is 5.14. The van der Waals surface area contributed by atoms with Gasteiger partial charge in [-0.05, 0) is 18.6 Å². The van der Waals surface area contributed by atoms with E-state index in [1.807, 2.05) is 6.92 Å². The third-order valence-corrected chi connectivity index (χ3v) is 2.16. The third-order valence-electron chi connectivity index (χ3n) is 2.16. The lowest BCUT2D eigenvalue weighted by Gasteiger charge is -2.10. The number of aromatic nitrogens is 1. The number of pyridine rings is 1. The zero-order chi connectivity index (χ0) is 12.2. The number of rotatable bonds is 4. The molecule has 0 bridgehead atoms. The number of nitrogens with zero attached hydrogens (tertiary/aromatic N) is 1. The topological polar surface area (TPSA) is 33.1 Å². The van der Waals surface area contributed by atoms with E-state index in [0.717, 1.165) is 12.5 Å². The Morgan fingerprint density at radius 2 is 2.06 bits per heavy atom. The second kappa shape index (κ2) is 5.30. The SMILES string of the molecule is CCCC(O)Cc1cccc(C(F)(F)F)n1. The summed E-state index contributed by atoms with van der Waals surface area (Å²) in [5.41, 5.74) is -0.635. The normalized spacial score (nSPS) is 13.8. The van der Waals surface area contributed by atoms with Gasteiger partial charge < -0.3 is 5.11 Å². The lowest BCUT2D eigenvalue weighted by atomic mass is 10.1. The summed E-state index contributed by atoms with van der Waals surface area (Å²) in [4.78, 5) is 3.48. The van der Waals surface area contributed by atoms with Crippen molar-refractivity contribution in [3.63, 3.8) is 0 Å². The van der Waals surface area contributed by atoms with Gasteiger partial charge in [-0.25, -0.2) is 4.98 Å². The van der Waals surface area contributed by atoms with Crippen LogP contribution in [0.5, 0.6) is 0 Å². The summed E-state index contributed by atoms with van der Waals surface area (Å²) in [7, 11) is 0. The maximum absolute atomic E-state index is 12.3. The van der Waals surface area contributed by atoms with Gasteiger partial charge >= 0.3 is 6.18 Å². The minimum absolute atomic E-state index is 0.164. The van der Waals surface area contributed by atoms with E-state index in [-0.39, 0.29) is 12.1 Å². The lowest BCUT2D eigenvalue weighted by Crippen LogP contribution is -2.14.